The summed E-state index contributed by atoms with van der Waals surface area (Å²) < 4.78 is 10.2. The zero-order valence-corrected chi connectivity index (χ0v) is 15.3. The van der Waals surface area contributed by atoms with Gasteiger partial charge in [0.1, 0.15) is 6.61 Å². The Kier molecular flexibility index (Phi) is 7.20. The van der Waals surface area contributed by atoms with Crippen molar-refractivity contribution in [3.63, 3.8) is 0 Å². The SMILES string of the molecule is COCCNc1ccc([N+](=O)[O-])cc1C(=O)OCc1ccc(Cl)c(Cl)c1. The van der Waals surface area contributed by atoms with Gasteiger partial charge in [-0.1, -0.05) is 29.3 Å². The van der Waals surface area contributed by atoms with Crippen LogP contribution in [-0.4, -0.2) is 31.2 Å². The number of nitrogens with one attached hydrogen (secondary N) is 1. The number of nitro groups is 1. The van der Waals surface area contributed by atoms with Crippen LogP contribution in [0.2, 0.25) is 10.0 Å². The van der Waals surface area contributed by atoms with E-state index in [4.69, 9.17) is 32.7 Å². The number of nitro benzene ring substituents is 1. The molecule has 0 saturated heterocycles. The van der Waals surface area contributed by atoms with Crippen LogP contribution in [0.25, 0.3) is 0 Å². The van der Waals surface area contributed by atoms with Crippen LogP contribution < -0.4 is 5.32 Å². The summed E-state index contributed by atoms with van der Waals surface area (Å²) in [5.74, 6) is -0.695. The molecule has 0 spiro atoms. The lowest BCUT2D eigenvalue weighted by Gasteiger charge is -2.12. The maximum atomic E-state index is 12.4. The molecule has 2 aromatic carbocycles. The summed E-state index contributed by atoms with van der Waals surface area (Å²) >= 11 is 11.8. The van der Waals surface area contributed by atoms with E-state index >= 15 is 0 Å². The Morgan fingerprint density at radius 3 is 2.62 bits per heavy atom. The molecular formula is C17H16Cl2N2O5. The van der Waals surface area contributed by atoms with Crippen LogP contribution in [-0.2, 0) is 16.1 Å². The Morgan fingerprint density at radius 1 is 1.19 bits per heavy atom. The molecule has 9 heteroatoms. The summed E-state index contributed by atoms with van der Waals surface area (Å²) in [6, 6.07) is 8.80. The third-order valence-corrected chi connectivity index (χ3v) is 4.15. The number of halogens is 2. The van der Waals surface area contributed by atoms with E-state index < -0.39 is 10.9 Å². The minimum absolute atomic E-state index is 0.0457. The Hall–Kier alpha value is -2.35. The molecule has 138 valence electrons. The molecule has 26 heavy (non-hydrogen) atoms. The zero-order chi connectivity index (χ0) is 19.1. The van der Waals surface area contributed by atoms with Crippen LogP contribution >= 0.6 is 23.2 Å². The number of anilines is 1. The van der Waals surface area contributed by atoms with Crippen molar-refractivity contribution in [2.24, 2.45) is 0 Å². The maximum Gasteiger partial charge on any atom is 0.340 e. The summed E-state index contributed by atoms with van der Waals surface area (Å²) in [5, 5.41) is 14.7. The van der Waals surface area contributed by atoms with Crippen LogP contribution in [0.4, 0.5) is 11.4 Å². The molecule has 1 N–H and O–H groups in total. The first kappa shape index (κ1) is 20.0. The smallest absolute Gasteiger partial charge is 0.340 e. The van der Waals surface area contributed by atoms with Crippen molar-refractivity contribution >= 4 is 40.5 Å². The fraction of sp³-hybridized carbons (Fsp3) is 0.235. The summed E-state index contributed by atoms with van der Waals surface area (Å²) in [5.41, 5.74) is 0.929. The van der Waals surface area contributed by atoms with Crippen LogP contribution in [0.15, 0.2) is 36.4 Å². The van der Waals surface area contributed by atoms with Crippen molar-refractivity contribution in [3.8, 4) is 0 Å². The summed E-state index contributed by atoms with van der Waals surface area (Å²) in [4.78, 5) is 22.8. The van der Waals surface area contributed by atoms with Gasteiger partial charge < -0.3 is 14.8 Å². The largest absolute Gasteiger partial charge is 0.457 e. The van der Waals surface area contributed by atoms with Gasteiger partial charge in [-0.05, 0) is 23.8 Å². The van der Waals surface area contributed by atoms with Gasteiger partial charge in [0.2, 0.25) is 0 Å². The van der Waals surface area contributed by atoms with Crippen LogP contribution in [0.1, 0.15) is 15.9 Å². The molecule has 0 saturated carbocycles. The number of benzene rings is 2. The van der Waals surface area contributed by atoms with E-state index in [0.29, 0.717) is 34.4 Å². The Labute approximate surface area is 160 Å². The van der Waals surface area contributed by atoms with Gasteiger partial charge in [0.15, 0.2) is 0 Å². The number of carbonyl (C=O) groups excluding carboxylic acids is 1. The van der Waals surface area contributed by atoms with E-state index in [0.717, 1.165) is 0 Å². The normalized spacial score (nSPS) is 10.4. The van der Waals surface area contributed by atoms with E-state index in [1.807, 2.05) is 0 Å². The Bertz CT molecular complexity index is 814. The molecule has 0 aromatic heterocycles. The van der Waals surface area contributed by atoms with Gasteiger partial charge in [-0.15, -0.1) is 0 Å². The second-order valence-electron chi connectivity index (χ2n) is 5.23. The monoisotopic (exact) mass is 398 g/mol. The van der Waals surface area contributed by atoms with Gasteiger partial charge in [0.25, 0.3) is 5.69 Å². The number of methoxy groups -OCH3 is 1. The van der Waals surface area contributed by atoms with Gasteiger partial charge in [-0.2, -0.15) is 0 Å². The molecule has 0 aliphatic rings. The summed E-state index contributed by atoms with van der Waals surface area (Å²) in [6.07, 6.45) is 0. The first-order chi connectivity index (χ1) is 12.4. The predicted octanol–water partition coefficient (Wildman–Crippen LogP) is 4.32. The van der Waals surface area contributed by atoms with Crippen molar-refractivity contribution in [2.75, 3.05) is 25.6 Å². The fourth-order valence-corrected chi connectivity index (χ4v) is 2.43. The third-order valence-electron chi connectivity index (χ3n) is 3.41. The molecule has 7 nitrogen and oxygen atoms in total. The average molecular weight is 399 g/mol. The van der Waals surface area contributed by atoms with Crippen molar-refractivity contribution in [2.45, 2.75) is 6.61 Å². The van der Waals surface area contributed by atoms with E-state index in [1.165, 1.54) is 18.2 Å². The highest BCUT2D eigenvalue weighted by Crippen LogP contribution is 2.25. The molecule has 2 rings (SSSR count). The van der Waals surface area contributed by atoms with Crippen LogP contribution in [0.5, 0.6) is 0 Å². The molecular weight excluding hydrogens is 383 g/mol. The molecule has 0 atom stereocenters. The highest BCUT2D eigenvalue weighted by Gasteiger charge is 2.18. The number of hydrogen-bond donors (Lipinski definition) is 1. The molecule has 2 aromatic rings. The number of nitrogens with zero attached hydrogens (tertiary/aromatic N) is 1. The molecule has 0 unspecified atom stereocenters. The third kappa shape index (κ3) is 5.32. The predicted molar refractivity (Wildman–Crippen MR) is 99.0 cm³/mol. The highest BCUT2D eigenvalue weighted by molar-refractivity contribution is 6.42. The average Bonchev–Trinajstić information content (AvgIpc) is 2.62. The lowest BCUT2D eigenvalue weighted by Crippen LogP contribution is -2.13. The van der Waals surface area contributed by atoms with Crippen molar-refractivity contribution in [1.82, 2.24) is 0 Å². The highest BCUT2D eigenvalue weighted by atomic mass is 35.5. The number of non-ortho nitro benzene ring substituents is 1. The number of hydrogen-bond acceptors (Lipinski definition) is 6. The molecule has 0 aliphatic carbocycles. The standard InChI is InChI=1S/C17H16Cl2N2O5/c1-25-7-6-20-16-5-3-12(21(23)24)9-13(16)17(22)26-10-11-2-4-14(18)15(19)8-11/h2-5,8-9,20H,6-7,10H2,1H3. The number of ether oxygens (including phenoxy) is 2. The quantitative estimate of drug-likeness (QED) is 0.308. The maximum absolute atomic E-state index is 12.4. The van der Waals surface area contributed by atoms with E-state index in [-0.39, 0.29) is 17.9 Å². The Balaban J connectivity index is 2.17. The molecule has 0 radical (unpaired) electrons. The fourth-order valence-electron chi connectivity index (χ4n) is 2.11. The Morgan fingerprint density at radius 2 is 1.96 bits per heavy atom. The zero-order valence-electron chi connectivity index (χ0n) is 13.8. The van der Waals surface area contributed by atoms with Crippen molar-refractivity contribution in [1.29, 1.82) is 0 Å². The van der Waals surface area contributed by atoms with Gasteiger partial charge in [-0.3, -0.25) is 10.1 Å². The summed E-state index contributed by atoms with van der Waals surface area (Å²) in [7, 11) is 1.55. The van der Waals surface area contributed by atoms with Gasteiger partial charge in [0.05, 0.1) is 27.1 Å². The number of carbonyl (C=O) groups is 1. The number of esters is 1. The van der Waals surface area contributed by atoms with Crippen LogP contribution in [0, 0.1) is 10.1 Å². The summed E-state index contributed by atoms with van der Waals surface area (Å²) in [6.45, 7) is 0.798. The van der Waals surface area contributed by atoms with E-state index in [9.17, 15) is 14.9 Å². The second-order valence-corrected chi connectivity index (χ2v) is 6.05. The minimum atomic E-state index is -0.695. The first-order valence-electron chi connectivity index (χ1n) is 7.54. The molecule has 0 fully saturated rings. The molecule has 0 amide bonds. The van der Waals surface area contributed by atoms with Crippen molar-refractivity contribution < 1.29 is 19.2 Å². The van der Waals surface area contributed by atoms with Gasteiger partial charge >= 0.3 is 5.97 Å². The van der Waals surface area contributed by atoms with Gasteiger partial charge in [0, 0.05) is 31.5 Å². The molecule has 0 aliphatic heterocycles. The number of rotatable bonds is 8. The topological polar surface area (TPSA) is 90.7 Å². The lowest BCUT2D eigenvalue weighted by atomic mass is 10.1. The lowest BCUT2D eigenvalue weighted by molar-refractivity contribution is -0.384. The van der Waals surface area contributed by atoms with E-state index in [1.54, 1.807) is 25.3 Å². The van der Waals surface area contributed by atoms with Crippen molar-refractivity contribution in [3.05, 3.63) is 67.7 Å². The minimum Gasteiger partial charge on any atom is -0.457 e. The molecule has 0 heterocycles. The second kappa shape index (κ2) is 9.38. The van der Waals surface area contributed by atoms with Crippen LogP contribution in [0.3, 0.4) is 0 Å². The molecule has 0 bridgehead atoms. The van der Waals surface area contributed by atoms with Gasteiger partial charge in [-0.25, -0.2) is 4.79 Å². The first-order valence-corrected chi connectivity index (χ1v) is 8.30. The van der Waals surface area contributed by atoms with E-state index in [2.05, 4.69) is 5.32 Å².